The number of H-pyrrole nitrogens is 1. The molecule has 0 saturated carbocycles. The van der Waals surface area contributed by atoms with Crippen LogP contribution in [0.1, 0.15) is 40.3 Å². The van der Waals surface area contributed by atoms with Crippen LogP contribution in [-0.2, 0) is 19.5 Å². The molecule has 0 atom stereocenters. The number of aryl methyl sites for hydroxylation is 3. The number of amides is 1. The molecule has 0 radical (unpaired) electrons. The second-order valence-electron chi connectivity index (χ2n) is 8.84. The first kappa shape index (κ1) is 24.1. The van der Waals surface area contributed by atoms with Gasteiger partial charge >= 0.3 is 0 Å². The van der Waals surface area contributed by atoms with Gasteiger partial charge in [0.05, 0.1) is 24.7 Å². The summed E-state index contributed by atoms with van der Waals surface area (Å²) in [7, 11) is 1.67. The summed E-state index contributed by atoms with van der Waals surface area (Å²) in [5.74, 6) is 0.550. The zero-order valence-corrected chi connectivity index (χ0v) is 20.8. The Labute approximate surface area is 214 Å². The van der Waals surface area contributed by atoms with E-state index in [0.717, 1.165) is 64.3 Å². The number of rotatable bonds is 10. The van der Waals surface area contributed by atoms with Crippen LogP contribution in [0.4, 0.5) is 0 Å². The molecule has 0 unspecified atom stereocenters. The van der Waals surface area contributed by atoms with Crippen molar-refractivity contribution >= 4 is 16.9 Å². The van der Waals surface area contributed by atoms with E-state index in [2.05, 4.69) is 47.9 Å². The first-order chi connectivity index (χ1) is 18.1. The third kappa shape index (κ3) is 5.80. The fraction of sp³-hybridized carbons (Fsp3) is 0.259. The number of benzene rings is 1. The SMILES string of the molecule is COc1ccccc1-c1cc2cc(CCCCn3cc(C(=O)NCc4ccc(C)nc4)nn3)nnc2[nH]1. The molecule has 4 heterocycles. The highest BCUT2D eigenvalue weighted by Crippen LogP contribution is 2.30. The highest BCUT2D eigenvalue weighted by atomic mass is 16.5. The minimum absolute atomic E-state index is 0.255. The van der Waals surface area contributed by atoms with Crippen LogP contribution in [0, 0.1) is 6.92 Å². The van der Waals surface area contributed by atoms with Crippen LogP contribution in [0.25, 0.3) is 22.3 Å². The zero-order chi connectivity index (χ0) is 25.6. The van der Waals surface area contributed by atoms with Crippen LogP contribution in [0.15, 0.2) is 60.9 Å². The van der Waals surface area contributed by atoms with Gasteiger partial charge in [-0.3, -0.25) is 14.5 Å². The van der Waals surface area contributed by atoms with Gasteiger partial charge in [0.2, 0.25) is 0 Å². The first-order valence-corrected chi connectivity index (χ1v) is 12.2. The number of methoxy groups -OCH3 is 1. The average Bonchev–Trinajstić information content (AvgIpc) is 3.57. The summed E-state index contributed by atoms with van der Waals surface area (Å²) in [6.45, 7) is 2.99. The Hall–Kier alpha value is -4.60. The molecule has 0 bridgehead atoms. The van der Waals surface area contributed by atoms with Crippen LogP contribution in [0.5, 0.6) is 5.75 Å². The number of aromatic amines is 1. The lowest BCUT2D eigenvalue weighted by Crippen LogP contribution is -2.23. The molecule has 0 aliphatic heterocycles. The number of ether oxygens (including phenoxy) is 1. The van der Waals surface area contributed by atoms with Gasteiger partial charge in [-0.1, -0.05) is 23.4 Å². The van der Waals surface area contributed by atoms with Crippen LogP contribution in [0.2, 0.25) is 0 Å². The minimum atomic E-state index is -0.255. The predicted molar refractivity (Wildman–Crippen MR) is 139 cm³/mol. The third-order valence-electron chi connectivity index (χ3n) is 6.09. The van der Waals surface area contributed by atoms with Gasteiger partial charge in [-0.2, -0.15) is 5.10 Å². The molecule has 1 amide bonds. The fourth-order valence-corrected chi connectivity index (χ4v) is 4.08. The summed E-state index contributed by atoms with van der Waals surface area (Å²) < 4.78 is 7.18. The summed E-state index contributed by atoms with van der Waals surface area (Å²) in [6.07, 6.45) is 6.01. The maximum Gasteiger partial charge on any atom is 0.273 e. The topological polar surface area (TPSA) is 124 Å². The van der Waals surface area contributed by atoms with Gasteiger partial charge in [0.15, 0.2) is 11.3 Å². The lowest BCUT2D eigenvalue weighted by atomic mass is 10.1. The van der Waals surface area contributed by atoms with E-state index in [1.54, 1.807) is 24.2 Å². The minimum Gasteiger partial charge on any atom is -0.496 e. The van der Waals surface area contributed by atoms with Gasteiger partial charge in [-0.25, -0.2) is 0 Å². The summed E-state index contributed by atoms with van der Waals surface area (Å²) in [4.78, 5) is 19.9. The Kier molecular flexibility index (Phi) is 7.16. The van der Waals surface area contributed by atoms with Crippen molar-refractivity contribution in [2.24, 2.45) is 0 Å². The van der Waals surface area contributed by atoms with Crippen LogP contribution < -0.4 is 10.1 Å². The van der Waals surface area contributed by atoms with Crippen molar-refractivity contribution in [2.45, 2.75) is 39.3 Å². The molecule has 0 saturated heterocycles. The molecule has 0 aliphatic carbocycles. The summed E-state index contributed by atoms with van der Waals surface area (Å²) in [6, 6.07) is 15.9. The second kappa shape index (κ2) is 11.0. The van der Waals surface area contributed by atoms with Gasteiger partial charge in [0, 0.05) is 35.9 Å². The van der Waals surface area contributed by atoms with E-state index in [0.29, 0.717) is 18.8 Å². The van der Waals surface area contributed by atoms with E-state index in [1.807, 2.05) is 43.3 Å². The van der Waals surface area contributed by atoms with E-state index in [9.17, 15) is 4.79 Å². The lowest BCUT2D eigenvalue weighted by molar-refractivity contribution is 0.0945. The quantitative estimate of drug-likeness (QED) is 0.281. The molecule has 5 rings (SSSR count). The fourth-order valence-electron chi connectivity index (χ4n) is 4.08. The molecule has 4 aromatic heterocycles. The number of hydrogen-bond acceptors (Lipinski definition) is 7. The van der Waals surface area contributed by atoms with Crippen molar-refractivity contribution in [2.75, 3.05) is 7.11 Å². The van der Waals surface area contributed by atoms with Crippen molar-refractivity contribution in [1.82, 2.24) is 40.5 Å². The van der Waals surface area contributed by atoms with Crippen molar-refractivity contribution in [3.05, 3.63) is 83.6 Å². The number of fused-ring (bicyclic) bond motifs is 1. The van der Waals surface area contributed by atoms with E-state index < -0.39 is 0 Å². The van der Waals surface area contributed by atoms with E-state index in [1.165, 1.54) is 0 Å². The molecule has 37 heavy (non-hydrogen) atoms. The Bertz CT molecular complexity index is 1510. The Morgan fingerprint density at radius 2 is 1.97 bits per heavy atom. The van der Waals surface area contributed by atoms with Gasteiger partial charge in [0.1, 0.15) is 5.75 Å². The largest absolute Gasteiger partial charge is 0.496 e. The molecule has 0 spiro atoms. The van der Waals surface area contributed by atoms with Gasteiger partial charge in [0.25, 0.3) is 5.91 Å². The number of hydrogen-bond donors (Lipinski definition) is 2. The molecular formula is C27H28N8O2. The normalized spacial score (nSPS) is 11.1. The van der Waals surface area contributed by atoms with Crippen LogP contribution >= 0.6 is 0 Å². The highest BCUT2D eigenvalue weighted by molar-refractivity contribution is 5.91. The number of unbranched alkanes of at least 4 members (excludes halogenated alkanes) is 1. The Morgan fingerprint density at radius 1 is 1.08 bits per heavy atom. The van der Waals surface area contributed by atoms with E-state index in [4.69, 9.17) is 4.74 Å². The van der Waals surface area contributed by atoms with Crippen molar-refractivity contribution in [3.8, 4) is 17.0 Å². The average molecular weight is 497 g/mol. The molecule has 1 aromatic carbocycles. The summed E-state index contributed by atoms with van der Waals surface area (Å²) >= 11 is 0. The van der Waals surface area contributed by atoms with Crippen molar-refractivity contribution in [3.63, 3.8) is 0 Å². The number of carbonyl (C=O) groups excluding carboxylic acids is 1. The van der Waals surface area contributed by atoms with Crippen molar-refractivity contribution in [1.29, 1.82) is 0 Å². The number of carbonyl (C=O) groups is 1. The summed E-state index contributed by atoms with van der Waals surface area (Å²) in [5.41, 5.74) is 5.78. The smallest absolute Gasteiger partial charge is 0.273 e. The third-order valence-corrected chi connectivity index (χ3v) is 6.09. The van der Waals surface area contributed by atoms with Gasteiger partial charge in [-0.05, 0) is 62.1 Å². The maximum absolute atomic E-state index is 12.4. The molecule has 0 fully saturated rings. The maximum atomic E-state index is 12.4. The second-order valence-corrected chi connectivity index (χ2v) is 8.84. The number of aromatic nitrogens is 7. The molecular weight excluding hydrogens is 468 g/mol. The number of nitrogens with one attached hydrogen (secondary N) is 2. The highest BCUT2D eigenvalue weighted by Gasteiger charge is 2.12. The zero-order valence-electron chi connectivity index (χ0n) is 20.8. The monoisotopic (exact) mass is 496 g/mol. The molecule has 5 aromatic rings. The summed E-state index contributed by atoms with van der Waals surface area (Å²) in [5, 5.41) is 20.7. The molecule has 188 valence electrons. The Balaban J connectivity index is 1.12. The molecule has 10 nitrogen and oxygen atoms in total. The standard InChI is InChI=1S/C27H28N8O2/c1-18-10-11-19(15-28-18)16-29-27(36)24-17-35(34-32-24)12-6-5-7-21-13-20-14-23(30-26(20)33-31-21)22-8-3-4-9-25(22)37-2/h3-4,8-11,13-15,17H,5-7,12,16H2,1-2H3,(H,29,36)(H,30,33). The number of nitrogens with zero attached hydrogens (tertiary/aromatic N) is 6. The van der Waals surface area contributed by atoms with Crippen LogP contribution in [0.3, 0.4) is 0 Å². The van der Waals surface area contributed by atoms with E-state index in [-0.39, 0.29) is 5.91 Å². The van der Waals surface area contributed by atoms with Gasteiger partial charge < -0.3 is 15.0 Å². The predicted octanol–water partition coefficient (Wildman–Crippen LogP) is 3.88. The lowest BCUT2D eigenvalue weighted by Gasteiger charge is -2.05. The number of pyridine rings is 1. The van der Waals surface area contributed by atoms with Crippen molar-refractivity contribution < 1.29 is 9.53 Å². The molecule has 0 aliphatic rings. The van der Waals surface area contributed by atoms with E-state index >= 15 is 0 Å². The van der Waals surface area contributed by atoms with Gasteiger partial charge in [-0.15, -0.1) is 10.2 Å². The molecule has 10 heteroatoms. The van der Waals surface area contributed by atoms with Crippen LogP contribution in [-0.4, -0.2) is 48.2 Å². The first-order valence-electron chi connectivity index (χ1n) is 12.2. The number of para-hydroxylation sites is 1. The molecule has 2 N–H and O–H groups in total. The Morgan fingerprint density at radius 3 is 2.81 bits per heavy atom.